The lowest BCUT2D eigenvalue weighted by Crippen LogP contribution is -2.23. The van der Waals surface area contributed by atoms with Gasteiger partial charge in [-0.15, -0.1) is 0 Å². The molecule has 0 aliphatic rings. The largest absolute Gasteiger partial charge is 0.394 e. The van der Waals surface area contributed by atoms with Crippen LogP contribution in [0, 0.1) is 0 Å². The molecule has 180 valence electrons. The molecule has 0 saturated heterocycles. The van der Waals surface area contributed by atoms with Gasteiger partial charge in [-0.3, -0.25) is 0 Å². The minimum atomic E-state index is -0.777. The van der Waals surface area contributed by atoms with Crippen LogP contribution >= 0.6 is 0 Å². The first kappa shape index (κ1) is 27.9. The van der Waals surface area contributed by atoms with Gasteiger partial charge in [0.1, 0.15) is 12.7 Å². The predicted molar refractivity (Wildman–Crippen MR) is 126 cm³/mol. The second kappa shape index (κ2) is 20.7. The topological polar surface area (TPSA) is 68.2 Å². The molecule has 0 heterocycles. The van der Waals surface area contributed by atoms with E-state index in [1.165, 1.54) is 89.0 Å². The van der Waals surface area contributed by atoms with E-state index in [9.17, 15) is 5.11 Å². The molecule has 1 unspecified atom stereocenters. The normalized spacial score (nSPS) is 12.2. The van der Waals surface area contributed by atoms with Gasteiger partial charge in [-0.2, -0.15) is 4.89 Å². The van der Waals surface area contributed by atoms with Crippen LogP contribution in [0.4, 0.5) is 0 Å². The zero-order chi connectivity index (χ0) is 22.4. The van der Waals surface area contributed by atoms with Crippen LogP contribution in [0.2, 0.25) is 0 Å². The summed E-state index contributed by atoms with van der Waals surface area (Å²) in [5.41, 5.74) is 1.31. The van der Waals surface area contributed by atoms with Crippen molar-refractivity contribution in [3.63, 3.8) is 0 Å². The molecule has 0 bridgehead atoms. The lowest BCUT2D eigenvalue weighted by atomic mass is 10.0. The average molecular weight is 439 g/mol. The summed E-state index contributed by atoms with van der Waals surface area (Å²) in [6.07, 6.45) is 18.2. The monoisotopic (exact) mass is 438 g/mol. The van der Waals surface area contributed by atoms with E-state index in [1.807, 2.05) is 12.1 Å². The van der Waals surface area contributed by atoms with E-state index in [1.54, 1.807) is 0 Å². The molecule has 0 fully saturated rings. The highest BCUT2D eigenvalue weighted by Gasteiger charge is 2.06. The van der Waals surface area contributed by atoms with E-state index in [-0.39, 0.29) is 26.4 Å². The van der Waals surface area contributed by atoms with E-state index in [0.717, 1.165) is 6.42 Å². The van der Waals surface area contributed by atoms with Crippen LogP contribution < -0.4 is 4.89 Å². The second-order valence-corrected chi connectivity index (χ2v) is 8.46. The van der Waals surface area contributed by atoms with Gasteiger partial charge in [0.05, 0.1) is 19.8 Å². The van der Waals surface area contributed by atoms with Gasteiger partial charge < -0.3 is 19.8 Å². The Kier molecular flexibility index (Phi) is 18.7. The fraction of sp³-hybridized carbons (Fsp3) is 0.769. The Morgan fingerprint density at radius 2 is 1.29 bits per heavy atom. The summed E-state index contributed by atoms with van der Waals surface area (Å²) in [5, 5.41) is 18.3. The third-order valence-electron chi connectivity index (χ3n) is 5.45. The second-order valence-electron chi connectivity index (χ2n) is 8.46. The zero-order valence-electron chi connectivity index (χ0n) is 19.7. The van der Waals surface area contributed by atoms with Gasteiger partial charge in [0.15, 0.2) is 5.75 Å². The fourth-order valence-electron chi connectivity index (χ4n) is 3.57. The van der Waals surface area contributed by atoms with Crippen molar-refractivity contribution < 1.29 is 24.7 Å². The maximum absolute atomic E-state index is 9.64. The number of rotatable bonds is 22. The van der Waals surface area contributed by atoms with Crippen LogP contribution in [0.1, 0.15) is 96.0 Å². The standard InChI is InChI=1S/C26H46O5/c1-2-3-4-5-6-7-8-9-10-11-12-13-14-15-24-16-18-26(19-17-24)31-30-23-25(28)22-29-21-20-27/h16-19,25,27-28H,2-15,20-23H2,1H3. The van der Waals surface area contributed by atoms with Gasteiger partial charge in [-0.25, -0.2) is 0 Å². The highest BCUT2D eigenvalue weighted by molar-refractivity contribution is 5.26. The number of unbranched alkanes of at least 4 members (excludes halogenated alkanes) is 12. The van der Waals surface area contributed by atoms with E-state index < -0.39 is 6.10 Å². The molecule has 0 amide bonds. The smallest absolute Gasteiger partial charge is 0.165 e. The number of benzene rings is 1. The van der Waals surface area contributed by atoms with Gasteiger partial charge in [0.2, 0.25) is 0 Å². The SMILES string of the molecule is CCCCCCCCCCCCCCCc1ccc(OOCC(O)COCCO)cc1. The van der Waals surface area contributed by atoms with E-state index in [2.05, 4.69) is 19.1 Å². The van der Waals surface area contributed by atoms with Gasteiger partial charge in [-0.1, -0.05) is 96.1 Å². The first-order chi connectivity index (χ1) is 15.3. The van der Waals surface area contributed by atoms with Crippen LogP contribution in [0.5, 0.6) is 5.75 Å². The third-order valence-corrected chi connectivity index (χ3v) is 5.45. The highest BCUT2D eigenvalue weighted by Crippen LogP contribution is 2.16. The first-order valence-corrected chi connectivity index (χ1v) is 12.5. The fourth-order valence-corrected chi connectivity index (χ4v) is 3.57. The molecule has 5 heteroatoms. The van der Waals surface area contributed by atoms with E-state index in [0.29, 0.717) is 5.75 Å². The van der Waals surface area contributed by atoms with Crippen LogP contribution in [0.3, 0.4) is 0 Å². The average Bonchev–Trinajstić information content (AvgIpc) is 2.78. The maximum Gasteiger partial charge on any atom is 0.165 e. The molecular weight excluding hydrogens is 392 g/mol. The molecule has 0 aromatic heterocycles. The Morgan fingerprint density at radius 1 is 0.742 bits per heavy atom. The molecule has 0 aliphatic heterocycles. The molecule has 1 atom stereocenters. The molecule has 31 heavy (non-hydrogen) atoms. The lowest BCUT2D eigenvalue weighted by Gasteiger charge is -2.11. The Hall–Kier alpha value is -1.14. The van der Waals surface area contributed by atoms with Crippen LogP contribution in [0.25, 0.3) is 0 Å². The molecular formula is C26H46O5. The molecule has 0 saturated carbocycles. The minimum absolute atomic E-state index is 0.0200. The summed E-state index contributed by atoms with van der Waals surface area (Å²) in [5.74, 6) is 0.623. The first-order valence-electron chi connectivity index (χ1n) is 12.5. The summed E-state index contributed by atoms with van der Waals surface area (Å²) in [6, 6.07) is 7.93. The van der Waals surface area contributed by atoms with Crippen LogP contribution in [-0.4, -0.2) is 42.7 Å². The van der Waals surface area contributed by atoms with E-state index >= 15 is 0 Å². The Labute approximate surface area is 190 Å². The van der Waals surface area contributed by atoms with Crippen molar-refractivity contribution in [1.82, 2.24) is 0 Å². The lowest BCUT2D eigenvalue weighted by molar-refractivity contribution is -0.227. The van der Waals surface area contributed by atoms with Crippen molar-refractivity contribution in [2.75, 3.05) is 26.4 Å². The van der Waals surface area contributed by atoms with Crippen molar-refractivity contribution in [2.24, 2.45) is 0 Å². The summed E-state index contributed by atoms with van der Waals surface area (Å²) in [7, 11) is 0. The van der Waals surface area contributed by atoms with Crippen molar-refractivity contribution >= 4 is 0 Å². The number of hydrogen-bond donors (Lipinski definition) is 2. The number of aryl methyl sites for hydroxylation is 1. The van der Waals surface area contributed by atoms with Crippen molar-refractivity contribution in [2.45, 2.75) is 103 Å². The highest BCUT2D eigenvalue weighted by atomic mass is 17.2. The van der Waals surface area contributed by atoms with Crippen LogP contribution in [-0.2, 0) is 16.0 Å². The minimum Gasteiger partial charge on any atom is -0.394 e. The predicted octanol–water partition coefficient (Wildman–Crippen LogP) is 6.00. The van der Waals surface area contributed by atoms with Gasteiger partial charge >= 0.3 is 0 Å². The number of ether oxygens (including phenoxy) is 1. The summed E-state index contributed by atoms with van der Waals surface area (Å²) in [4.78, 5) is 10.2. The van der Waals surface area contributed by atoms with Crippen molar-refractivity contribution in [1.29, 1.82) is 0 Å². The molecule has 2 N–H and O–H groups in total. The van der Waals surface area contributed by atoms with E-state index in [4.69, 9.17) is 19.6 Å². The molecule has 5 nitrogen and oxygen atoms in total. The number of hydrogen-bond acceptors (Lipinski definition) is 5. The van der Waals surface area contributed by atoms with Gasteiger partial charge in [0, 0.05) is 0 Å². The summed E-state index contributed by atoms with van der Waals surface area (Å²) < 4.78 is 5.03. The number of aliphatic hydroxyl groups excluding tert-OH is 2. The third kappa shape index (κ3) is 17.1. The molecule has 1 rings (SSSR count). The molecule has 1 aromatic rings. The van der Waals surface area contributed by atoms with Crippen molar-refractivity contribution in [3.8, 4) is 5.75 Å². The summed E-state index contributed by atoms with van der Waals surface area (Å²) in [6.45, 7) is 2.56. The Morgan fingerprint density at radius 3 is 1.84 bits per heavy atom. The van der Waals surface area contributed by atoms with Gasteiger partial charge in [-0.05, 0) is 30.5 Å². The Bertz CT molecular complexity index is 491. The number of aliphatic hydroxyl groups is 2. The molecule has 0 radical (unpaired) electrons. The molecule has 1 aromatic carbocycles. The van der Waals surface area contributed by atoms with Gasteiger partial charge in [0.25, 0.3) is 0 Å². The van der Waals surface area contributed by atoms with Crippen LogP contribution in [0.15, 0.2) is 24.3 Å². The summed E-state index contributed by atoms with van der Waals surface area (Å²) >= 11 is 0. The maximum atomic E-state index is 9.64. The molecule has 0 aliphatic carbocycles. The Balaban J connectivity index is 1.94. The quantitative estimate of drug-likeness (QED) is 0.132. The van der Waals surface area contributed by atoms with Crippen molar-refractivity contribution in [3.05, 3.63) is 29.8 Å². The molecule has 0 spiro atoms. The zero-order valence-corrected chi connectivity index (χ0v) is 19.7.